The van der Waals surface area contributed by atoms with E-state index in [0.29, 0.717) is 10.8 Å². The van der Waals surface area contributed by atoms with Crippen LogP contribution in [0.1, 0.15) is 43.6 Å². The van der Waals surface area contributed by atoms with Crippen molar-refractivity contribution in [3.8, 4) is 0 Å². The van der Waals surface area contributed by atoms with Crippen LogP contribution in [0, 0.1) is 0 Å². The van der Waals surface area contributed by atoms with Crippen LogP contribution in [0.15, 0.2) is 5.38 Å². The lowest BCUT2D eigenvalue weighted by Crippen LogP contribution is -2.52. The van der Waals surface area contributed by atoms with Gasteiger partial charge >= 0.3 is 0 Å². The molecule has 19 heavy (non-hydrogen) atoms. The van der Waals surface area contributed by atoms with E-state index in [1.165, 1.54) is 30.6 Å². The van der Waals surface area contributed by atoms with Gasteiger partial charge in [-0.2, -0.15) is 0 Å². The molecular formula is C13H22N4OS. The Balaban J connectivity index is 1.90. The zero-order valence-electron chi connectivity index (χ0n) is 11.6. The summed E-state index contributed by atoms with van der Waals surface area (Å²) < 4.78 is 0. The molecule has 1 fully saturated rings. The van der Waals surface area contributed by atoms with Gasteiger partial charge in [-0.05, 0) is 39.8 Å². The Morgan fingerprint density at radius 1 is 1.47 bits per heavy atom. The highest BCUT2D eigenvalue weighted by Gasteiger charge is 2.25. The van der Waals surface area contributed by atoms with Crippen LogP contribution in [0.2, 0.25) is 0 Å². The Morgan fingerprint density at radius 2 is 2.16 bits per heavy atom. The fraction of sp³-hybridized carbons (Fsp3) is 0.692. The number of rotatable bonds is 4. The maximum Gasteiger partial charge on any atom is 0.271 e. The summed E-state index contributed by atoms with van der Waals surface area (Å²) in [4.78, 5) is 18.5. The second-order valence-electron chi connectivity index (χ2n) is 5.75. The van der Waals surface area contributed by atoms with Gasteiger partial charge in [0.15, 0.2) is 5.13 Å². The molecule has 1 amide bonds. The van der Waals surface area contributed by atoms with E-state index in [0.717, 1.165) is 19.6 Å². The van der Waals surface area contributed by atoms with E-state index in [9.17, 15) is 4.79 Å². The first-order chi connectivity index (χ1) is 8.96. The van der Waals surface area contributed by atoms with Gasteiger partial charge in [0.1, 0.15) is 5.69 Å². The van der Waals surface area contributed by atoms with E-state index < -0.39 is 0 Å². The van der Waals surface area contributed by atoms with Crippen molar-refractivity contribution in [2.45, 2.75) is 38.6 Å². The minimum absolute atomic E-state index is 0.144. The molecule has 1 aliphatic heterocycles. The third-order valence-electron chi connectivity index (χ3n) is 3.27. The number of amides is 1. The van der Waals surface area contributed by atoms with E-state index in [4.69, 9.17) is 5.73 Å². The maximum absolute atomic E-state index is 12.1. The fourth-order valence-corrected chi connectivity index (χ4v) is 3.02. The molecule has 3 N–H and O–H groups in total. The largest absolute Gasteiger partial charge is 0.375 e. The number of aromatic nitrogens is 1. The minimum Gasteiger partial charge on any atom is -0.375 e. The highest BCUT2D eigenvalue weighted by atomic mass is 32.1. The minimum atomic E-state index is -0.257. The number of likely N-dealkylation sites (tertiary alicyclic amines) is 1. The van der Waals surface area contributed by atoms with Crippen molar-refractivity contribution in [1.29, 1.82) is 0 Å². The molecule has 1 saturated heterocycles. The summed E-state index contributed by atoms with van der Waals surface area (Å²) >= 11 is 1.29. The second kappa shape index (κ2) is 5.88. The number of nitrogen functional groups attached to an aromatic ring is 1. The number of piperidine rings is 1. The number of thiazole rings is 1. The van der Waals surface area contributed by atoms with Crippen LogP contribution < -0.4 is 11.1 Å². The molecule has 0 aromatic carbocycles. The molecule has 1 aromatic rings. The Bertz CT molecular complexity index is 438. The van der Waals surface area contributed by atoms with E-state index in [2.05, 4.69) is 29.0 Å². The SMILES string of the molecule is CC(C)(CN1CCCCC1)NC(=O)c1csc(N)n1. The monoisotopic (exact) mass is 282 g/mol. The summed E-state index contributed by atoms with van der Waals surface area (Å²) in [6.07, 6.45) is 3.83. The average molecular weight is 282 g/mol. The van der Waals surface area contributed by atoms with Crippen LogP contribution in [0.25, 0.3) is 0 Å². The number of hydrogen-bond donors (Lipinski definition) is 2. The summed E-state index contributed by atoms with van der Waals surface area (Å²) in [6, 6.07) is 0. The molecule has 5 nitrogen and oxygen atoms in total. The maximum atomic E-state index is 12.1. The van der Waals surface area contributed by atoms with Gasteiger partial charge in [0, 0.05) is 17.5 Å². The predicted octanol–water partition coefficient (Wildman–Crippen LogP) is 1.72. The molecule has 0 atom stereocenters. The average Bonchev–Trinajstić information content (AvgIpc) is 2.76. The van der Waals surface area contributed by atoms with E-state index >= 15 is 0 Å². The molecule has 2 rings (SSSR count). The molecule has 1 aliphatic rings. The van der Waals surface area contributed by atoms with Crippen LogP contribution in [0.5, 0.6) is 0 Å². The smallest absolute Gasteiger partial charge is 0.271 e. The molecule has 0 aliphatic carbocycles. The lowest BCUT2D eigenvalue weighted by Gasteiger charge is -2.35. The lowest BCUT2D eigenvalue weighted by atomic mass is 10.0. The molecule has 0 saturated carbocycles. The van der Waals surface area contributed by atoms with Gasteiger partial charge in [-0.1, -0.05) is 6.42 Å². The summed E-state index contributed by atoms with van der Waals surface area (Å²) in [7, 11) is 0. The molecule has 0 unspecified atom stereocenters. The Labute approximate surface area is 118 Å². The van der Waals surface area contributed by atoms with Crippen molar-refractivity contribution in [2.24, 2.45) is 0 Å². The van der Waals surface area contributed by atoms with Crippen molar-refractivity contribution in [2.75, 3.05) is 25.4 Å². The van der Waals surface area contributed by atoms with Crippen molar-refractivity contribution in [3.05, 3.63) is 11.1 Å². The quantitative estimate of drug-likeness (QED) is 0.882. The van der Waals surface area contributed by atoms with Crippen molar-refractivity contribution in [1.82, 2.24) is 15.2 Å². The van der Waals surface area contributed by atoms with Crippen molar-refractivity contribution >= 4 is 22.4 Å². The zero-order chi connectivity index (χ0) is 13.9. The number of hydrogen-bond acceptors (Lipinski definition) is 5. The van der Waals surface area contributed by atoms with Crippen LogP contribution >= 0.6 is 11.3 Å². The summed E-state index contributed by atoms with van der Waals surface area (Å²) in [5.41, 5.74) is 5.70. The Kier molecular flexibility index (Phi) is 4.42. The molecule has 1 aromatic heterocycles. The first kappa shape index (κ1) is 14.3. The number of anilines is 1. The highest BCUT2D eigenvalue weighted by molar-refractivity contribution is 7.13. The van der Waals surface area contributed by atoms with Crippen LogP contribution in [0.4, 0.5) is 5.13 Å². The number of carbonyl (C=O) groups excluding carboxylic acids is 1. The van der Waals surface area contributed by atoms with E-state index in [1.54, 1.807) is 5.38 Å². The second-order valence-corrected chi connectivity index (χ2v) is 6.64. The first-order valence-corrected chi connectivity index (χ1v) is 7.60. The summed E-state index contributed by atoms with van der Waals surface area (Å²) in [5, 5.41) is 5.17. The Morgan fingerprint density at radius 3 is 2.74 bits per heavy atom. The molecule has 0 spiro atoms. The van der Waals surface area contributed by atoms with Gasteiger partial charge < -0.3 is 16.0 Å². The number of nitrogens with zero attached hydrogens (tertiary/aromatic N) is 2. The van der Waals surface area contributed by atoms with Gasteiger partial charge in [0.05, 0.1) is 0 Å². The van der Waals surface area contributed by atoms with Crippen molar-refractivity contribution < 1.29 is 4.79 Å². The summed E-state index contributed by atoms with van der Waals surface area (Å²) in [6.45, 7) is 7.23. The van der Waals surface area contributed by atoms with Gasteiger partial charge in [0.25, 0.3) is 5.91 Å². The van der Waals surface area contributed by atoms with Crippen molar-refractivity contribution in [3.63, 3.8) is 0 Å². The number of nitrogens with one attached hydrogen (secondary N) is 1. The number of carbonyl (C=O) groups is 1. The zero-order valence-corrected chi connectivity index (χ0v) is 12.4. The predicted molar refractivity (Wildman–Crippen MR) is 78.4 cm³/mol. The van der Waals surface area contributed by atoms with Gasteiger partial charge in [-0.3, -0.25) is 4.79 Å². The topological polar surface area (TPSA) is 71.2 Å². The molecule has 2 heterocycles. The molecule has 0 radical (unpaired) electrons. The fourth-order valence-electron chi connectivity index (χ4n) is 2.48. The Hall–Kier alpha value is -1.14. The van der Waals surface area contributed by atoms with Crippen LogP contribution in [-0.2, 0) is 0 Å². The lowest BCUT2D eigenvalue weighted by molar-refractivity contribution is 0.0874. The molecule has 106 valence electrons. The van der Waals surface area contributed by atoms with Crippen LogP contribution in [-0.4, -0.2) is 41.0 Å². The number of nitrogens with two attached hydrogens (primary N) is 1. The highest BCUT2D eigenvalue weighted by Crippen LogP contribution is 2.15. The first-order valence-electron chi connectivity index (χ1n) is 6.72. The third-order valence-corrected chi connectivity index (χ3v) is 3.95. The van der Waals surface area contributed by atoms with Gasteiger partial charge in [0.2, 0.25) is 0 Å². The van der Waals surface area contributed by atoms with Gasteiger partial charge in [-0.15, -0.1) is 11.3 Å². The van der Waals surface area contributed by atoms with E-state index in [1.807, 2.05) is 0 Å². The standard InChI is InChI=1S/C13H22N4OS/c1-13(2,9-17-6-4-3-5-7-17)16-11(18)10-8-19-12(14)15-10/h8H,3-7,9H2,1-2H3,(H2,14,15)(H,16,18). The molecule has 6 heteroatoms. The molecule has 0 bridgehead atoms. The van der Waals surface area contributed by atoms with Gasteiger partial charge in [-0.25, -0.2) is 4.98 Å². The van der Waals surface area contributed by atoms with E-state index in [-0.39, 0.29) is 11.4 Å². The molecular weight excluding hydrogens is 260 g/mol. The normalized spacial score (nSPS) is 17.4. The van der Waals surface area contributed by atoms with Crippen LogP contribution in [0.3, 0.4) is 0 Å². The third kappa shape index (κ3) is 4.18. The summed E-state index contributed by atoms with van der Waals surface area (Å²) in [5.74, 6) is -0.144.